The first-order valence-corrected chi connectivity index (χ1v) is 28.2. The number of hydrogen-bond acceptors (Lipinski definition) is 14. The first-order valence-electron chi connectivity index (χ1n) is 28.2. The third-order valence-corrected chi connectivity index (χ3v) is 13.3. The fourth-order valence-corrected chi connectivity index (χ4v) is 8.63. The minimum Gasteiger partial charge on any atom is -0.481 e. The van der Waals surface area contributed by atoms with E-state index in [0.29, 0.717) is 44.9 Å². The first-order chi connectivity index (χ1) is 36.6. The number of Topliss-reactive ketones (excluding diaryl/α,β-unsaturated/α-hetero) is 4. The van der Waals surface area contributed by atoms with E-state index in [9.17, 15) is 48.3 Å². The summed E-state index contributed by atoms with van der Waals surface area (Å²) >= 11 is 0. The van der Waals surface area contributed by atoms with Crippen LogP contribution >= 0.6 is 0 Å². The molecule has 20 nitrogen and oxygen atoms in total. The molecule has 1 rings (SSSR count). The molecular formula is C56H99N5O15. The minimum absolute atomic E-state index is 0. The topological polar surface area (TPSA) is 310 Å². The maximum atomic E-state index is 13.3. The summed E-state index contributed by atoms with van der Waals surface area (Å²) in [5.74, 6) is -5.42. The van der Waals surface area contributed by atoms with Crippen molar-refractivity contribution < 1.29 is 75.2 Å². The van der Waals surface area contributed by atoms with Crippen molar-refractivity contribution in [3.63, 3.8) is 0 Å². The Bertz CT molecular complexity index is 1790. The smallest absolute Gasteiger partial charge is 0.306 e. The number of nitrogens with one attached hydrogen (secondary N) is 3. The van der Waals surface area contributed by atoms with E-state index >= 15 is 0 Å². The van der Waals surface area contributed by atoms with Crippen molar-refractivity contribution in [3.8, 4) is 0 Å². The number of aryl methyl sites for hydroxylation is 1. The van der Waals surface area contributed by atoms with Gasteiger partial charge in [0.25, 0.3) is 0 Å². The molecule has 7 N–H and O–H groups in total. The molecule has 0 saturated carbocycles. The van der Waals surface area contributed by atoms with Gasteiger partial charge in [-0.15, -0.1) is 0 Å². The number of nitrogens with two attached hydrogens (primary N) is 1. The number of aliphatic carboxylic acids is 2. The van der Waals surface area contributed by atoms with Crippen LogP contribution in [0.1, 0.15) is 196 Å². The van der Waals surface area contributed by atoms with E-state index in [0.717, 1.165) is 50.6 Å². The molecule has 0 spiro atoms. The lowest BCUT2D eigenvalue weighted by molar-refractivity contribution is -0.144. The maximum Gasteiger partial charge on any atom is 0.306 e. The molecule has 0 fully saturated rings. The number of primary amides is 1. The van der Waals surface area contributed by atoms with Gasteiger partial charge in [0.2, 0.25) is 17.7 Å². The molecule has 20 heteroatoms. The Morgan fingerprint density at radius 3 is 1.57 bits per heavy atom. The van der Waals surface area contributed by atoms with Crippen molar-refractivity contribution in [1.82, 2.24) is 20.6 Å². The van der Waals surface area contributed by atoms with Gasteiger partial charge in [0.15, 0.2) is 5.78 Å². The van der Waals surface area contributed by atoms with Crippen molar-refractivity contribution >= 4 is 52.8 Å². The third-order valence-electron chi connectivity index (χ3n) is 13.3. The highest BCUT2D eigenvalue weighted by molar-refractivity contribution is 5.91. The van der Waals surface area contributed by atoms with Crippen LogP contribution in [-0.2, 0) is 68.5 Å². The molecule has 0 aromatic carbocycles. The van der Waals surface area contributed by atoms with Crippen LogP contribution in [0.15, 0.2) is 12.5 Å². The van der Waals surface area contributed by atoms with Crippen molar-refractivity contribution in [2.45, 2.75) is 194 Å². The standard InChI is InChI=1S/C56H95N5O15.2H2/c1-43(2)50(55(57)70)38-51(65)44(36-48(63)26-25-46-39-58-42-61-46)20-16-15-18-22-49(64)40-75-34-32-74-31-29-60-53(67)41-76-35-33-73-30-28-59-52(66)27-24-45(56(71)72)37-47(62)21-17-13-11-9-7-5-3-4-6-8-10-12-14-19-23-54(68)69;;/h39,42-45,50H,3-38,40-41H2,1-2H3,(H2,57,70)(H,58,61)(H,59,66)(H,60,67)(H,68,69)(H,71,72);2*1H/t44-,45?,50-;;/m1../s1. The van der Waals surface area contributed by atoms with Crippen molar-refractivity contribution in [2.75, 3.05) is 65.9 Å². The fourth-order valence-electron chi connectivity index (χ4n) is 8.63. The number of imidazole rings is 1. The van der Waals surface area contributed by atoms with Gasteiger partial charge in [-0.05, 0) is 44.4 Å². The number of carboxylic acid groups (broad SMARTS) is 2. The summed E-state index contributed by atoms with van der Waals surface area (Å²) in [7, 11) is 0. The number of nitrogens with zero attached hydrogens (tertiary/aromatic N) is 1. The van der Waals surface area contributed by atoms with Gasteiger partial charge in [0, 0.05) is 91.0 Å². The van der Waals surface area contributed by atoms with Crippen LogP contribution in [0.2, 0.25) is 0 Å². The molecule has 1 aromatic rings. The number of rotatable bonds is 55. The molecule has 0 aliphatic carbocycles. The number of aromatic amines is 1. The van der Waals surface area contributed by atoms with E-state index in [1.54, 1.807) is 12.5 Å². The predicted octanol–water partition coefficient (Wildman–Crippen LogP) is 7.71. The van der Waals surface area contributed by atoms with Crippen molar-refractivity contribution in [3.05, 3.63) is 18.2 Å². The molecule has 0 radical (unpaired) electrons. The van der Waals surface area contributed by atoms with E-state index in [1.807, 2.05) is 13.8 Å². The van der Waals surface area contributed by atoms with E-state index in [-0.39, 0.29) is 155 Å². The van der Waals surface area contributed by atoms with Crippen LogP contribution < -0.4 is 16.4 Å². The SMILES string of the molecule is CC(C)[C@@H](CC(=O)[C@H](CCCCCC(=O)COCCOCCNC(=O)COCCOCCNC(=O)CCC(CC(=O)CCCCCCCCCCCCCCCCC(=O)O)C(=O)O)CC(=O)CCc1cnc[nH]1)C(N)=O.[HH].[HH]. The zero-order valence-electron chi connectivity index (χ0n) is 46.1. The molecule has 3 atom stereocenters. The largest absolute Gasteiger partial charge is 0.481 e. The Kier molecular flexibility index (Phi) is 42.0. The number of ketones is 4. The number of carbonyl (C=O) groups is 9. The number of aromatic nitrogens is 2. The highest BCUT2D eigenvalue weighted by atomic mass is 16.5. The average Bonchev–Trinajstić information content (AvgIpc) is 3.90. The molecule has 0 saturated heterocycles. The van der Waals surface area contributed by atoms with Gasteiger partial charge in [-0.3, -0.25) is 43.2 Å². The van der Waals surface area contributed by atoms with Gasteiger partial charge < -0.3 is 50.5 Å². The van der Waals surface area contributed by atoms with Crippen molar-refractivity contribution in [1.29, 1.82) is 0 Å². The Labute approximate surface area is 454 Å². The third kappa shape index (κ3) is 40.3. The van der Waals surface area contributed by atoms with Gasteiger partial charge in [0.1, 0.15) is 30.6 Å². The summed E-state index contributed by atoms with van der Waals surface area (Å²) in [5.41, 5.74) is 6.39. The number of carbonyl (C=O) groups excluding carboxylic acids is 7. The van der Waals surface area contributed by atoms with Gasteiger partial charge in [-0.1, -0.05) is 104 Å². The number of ether oxygens (including phenoxy) is 4. The van der Waals surface area contributed by atoms with Crippen LogP contribution in [0.4, 0.5) is 0 Å². The lowest BCUT2D eigenvalue weighted by atomic mass is 9.82. The first kappa shape index (κ1) is 69.1. The van der Waals surface area contributed by atoms with Gasteiger partial charge in [-0.25, -0.2) is 4.98 Å². The molecular weight excluding hydrogens is 983 g/mol. The zero-order valence-corrected chi connectivity index (χ0v) is 46.1. The lowest BCUT2D eigenvalue weighted by Crippen LogP contribution is -2.32. The number of hydrogen-bond donors (Lipinski definition) is 6. The summed E-state index contributed by atoms with van der Waals surface area (Å²) in [5, 5.41) is 23.7. The van der Waals surface area contributed by atoms with Gasteiger partial charge in [0.05, 0.1) is 51.9 Å². The molecule has 1 aromatic heterocycles. The Hall–Kier alpha value is -4.92. The fraction of sp³-hybridized carbons (Fsp3) is 0.786. The molecule has 0 bridgehead atoms. The zero-order chi connectivity index (χ0) is 56.0. The molecule has 3 amide bonds. The monoisotopic (exact) mass is 1080 g/mol. The average molecular weight is 1080 g/mol. The maximum absolute atomic E-state index is 13.3. The predicted molar refractivity (Wildman–Crippen MR) is 290 cm³/mol. The highest BCUT2D eigenvalue weighted by Crippen LogP contribution is 2.24. The van der Waals surface area contributed by atoms with Gasteiger partial charge in [-0.2, -0.15) is 0 Å². The van der Waals surface area contributed by atoms with Crippen molar-refractivity contribution in [2.24, 2.45) is 29.4 Å². The molecule has 76 heavy (non-hydrogen) atoms. The van der Waals surface area contributed by atoms with E-state index < -0.39 is 35.6 Å². The summed E-state index contributed by atoms with van der Waals surface area (Å²) in [6, 6.07) is 0. The minimum atomic E-state index is -1.08. The van der Waals surface area contributed by atoms with Crippen LogP contribution in [0.25, 0.3) is 0 Å². The molecule has 438 valence electrons. The summed E-state index contributed by atoms with van der Waals surface area (Å²) in [4.78, 5) is 116. The summed E-state index contributed by atoms with van der Waals surface area (Å²) in [6.07, 6.45) is 22.6. The van der Waals surface area contributed by atoms with E-state index in [1.165, 1.54) is 44.9 Å². The Morgan fingerprint density at radius 1 is 0.553 bits per heavy atom. The Morgan fingerprint density at radius 2 is 1.04 bits per heavy atom. The quantitative estimate of drug-likeness (QED) is 0.0340. The summed E-state index contributed by atoms with van der Waals surface area (Å²) in [6.45, 7) is 5.13. The normalized spacial score (nSPS) is 12.5. The summed E-state index contributed by atoms with van der Waals surface area (Å²) < 4.78 is 21.6. The Balaban J connectivity index is 0. The second kappa shape index (κ2) is 46.2. The van der Waals surface area contributed by atoms with Crippen LogP contribution in [0, 0.1) is 23.7 Å². The van der Waals surface area contributed by atoms with Crippen LogP contribution in [0.5, 0.6) is 0 Å². The second-order valence-corrected chi connectivity index (χ2v) is 20.3. The lowest BCUT2D eigenvalue weighted by Gasteiger charge is -2.21. The van der Waals surface area contributed by atoms with Gasteiger partial charge >= 0.3 is 11.9 Å². The molecule has 1 heterocycles. The number of carboxylic acids is 2. The highest BCUT2D eigenvalue weighted by Gasteiger charge is 2.29. The van der Waals surface area contributed by atoms with Crippen LogP contribution in [-0.4, -0.2) is 139 Å². The van der Waals surface area contributed by atoms with Crippen LogP contribution in [0.3, 0.4) is 0 Å². The molecule has 0 aliphatic heterocycles. The second-order valence-electron chi connectivity index (χ2n) is 20.3. The number of unbranched alkanes of at least 4 members (excludes halogenated alkanes) is 15. The number of amides is 3. The van der Waals surface area contributed by atoms with E-state index in [4.69, 9.17) is 29.8 Å². The number of H-pyrrole nitrogens is 1. The van der Waals surface area contributed by atoms with E-state index in [2.05, 4.69) is 20.6 Å². The molecule has 0 aliphatic rings. The molecule has 1 unspecified atom stereocenters.